The summed E-state index contributed by atoms with van der Waals surface area (Å²) in [6, 6.07) is 2.88. The fraction of sp³-hybridized carbons (Fsp3) is 0.615. The van der Waals surface area contributed by atoms with Gasteiger partial charge in [-0.1, -0.05) is 0 Å². The third-order valence-corrected chi connectivity index (χ3v) is 3.32. The van der Waals surface area contributed by atoms with E-state index in [4.69, 9.17) is 21.0 Å². The predicted molar refractivity (Wildman–Crippen MR) is 71.7 cm³/mol. The van der Waals surface area contributed by atoms with Crippen LogP contribution in [-0.2, 0) is 4.74 Å². The molecule has 0 aromatic carbocycles. The third-order valence-electron chi connectivity index (χ3n) is 3.32. The second kappa shape index (κ2) is 8.03. The van der Waals surface area contributed by atoms with E-state index >= 15 is 0 Å². The fourth-order valence-corrected chi connectivity index (χ4v) is 2.26. The number of amides is 2. The maximum Gasteiger partial charge on any atom is 0.320 e. The predicted octanol–water partition coefficient (Wildman–Crippen LogP) is 0.708. The molecule has 4 N–H and O–H groups in total. The average Bonchev–Trinajstić information content (AvgIpc) is 2.46. The van der Waals surface area contributed by atoms with E-state index in [9.17, 15) is 4.79 Å². The molecule has 0 unspecified atom stereocenters. The van der Waals surface area contributed by atoms with Gasteiger partial charge in [0.25, 0.3) is 0 Å². The number of nitrogens with two attached hydrogens (primary N) is 1. The Bertz CT molecular complexity index is 452. The van der Waals surface area contributed by atoms with Crippen LogP contribution in [0.4, 0.5) is 4.79 Å². The van der Waals surface area contributed by atoms with Crippen LogP contribution in [0.15, 0.2) is 11.4 Å². The number of nitrogens with one attached hydrogen (secondary N) is 2. The highest BCUT2D eigenvalue weighted by Gasteiger charge is 2.22. The molecule has 0 aliphatic heterocycles. The van der Waals surface area contributed by atoms with Gasteiger partial charge in [0.2, 0.25) is 0 Å². The van der Waals surface area contributed by atoms with Crippen LogP contribution in [0.1, 0.15) is 25.7 Å². The van der Waals surface area contributed by atoms with Crippen LogP contribution in [0.25, 0.3) is 0 Å². The Kier molecular flexibility index (Phi) is 6.34. The van der Waals surface area contributed by atoms with E-state index in [0.29, 0.717) is 5.92 Å². The smallest absolute Gasteiger partial charge is 0.320 e. The second-order valence-electron chi connectivity index (χ2n) is 4.78. The molecule has 1 aliphatic carbocycles. The maximum atomic E-state index is 11.7. The molecule has 7 heteroatoms. The quantitative estimate of drug-likeness (QED) is 0.653. The first-order valence-corrected chi connectivity index (χ1v) is 6.47. The number of carbonyl (C=O) groups excluding carboxylic acids is 1. The van der Waals surface area contributed by atoms with Crippen molar-refractivity contribution in [1.82, 2.24) is 10.6 Å². The number of methoxy groups -OCH3 is 1. The molecule has 1 fully saturated rings. The molecule has 1 aliphatic rings. The van der Waals surface area contributed by atoms with Crippen molar-refractivity contribution >= 4 is 6.03 Å². The number of nitrogens with zero attached hydrogens (tertiary/aromatic N) is 2. The van der Waals surface area contributed by atoms with Crippen LogP contribution < -0.4 is 16.4 Å². The molecule has 1 saturated carbocycles. The van der Waals surface area contributed by atoms with Crippen LogP contribution in [0.2, 0.25) is 0 Å². The summed E-state index contributed by atoms with van der Waals surface area (Å²) >= 11 is 0. The van der Waals surface area contributed by atoms with E-state index in [-0.39, 0.29) is 17.4 Å². The van der Waals surface area contributed by atoms with Crippen molar-refractivity contribution in [3.8, 4) is 12.1 Å². The van der Waals surface area contributed by atoms with Crippen LogP contribution in [0.5, 0.6) is 0 Å². The summed E-state index contributed by atoms with van der Waals surface area (Å²) in [4.78, 5) is 11.7. The van der Waals surface area contributed by atoms with Gasteiger partial charge in [-0.3, -0.25) is 5.32 Å². The number of carbonyl (C=O) groups is 1. The Morgan fingerprint density at radius 1 is 1.30 bits per heavy atom. The van der Waals surface area contributed by atoms with Crippen LogP contribution >= 0.6 is 0 Å². The molecule has 0 heterocycles. The summed E-state index contributed by atoms with van der Waals surface area (Å²) < 4.78 is 5.12. The highest BCUT2D eigenvalue weighted by Crippen LogP contribution is 2.24. The topological polar surface area (TPSA) is 124 Å². The lowest BCUT2D eigenvalue weighted by Gasteiger charge is -2.28. The molecule has 0 saturated heterocycles. The average molecular weight is 277 g/mol. The zero-order chi connectivity index (χ0) is 15.0. The summed E-state index contributed by atoms with van der Waals surface area (Å²) in [5, 5.41) is 22.4. The van der Waals surface area contributed by atoms with Gasteiger partial charge in [-0.25, -0.2) is 4.79 Å². The SMILES string of the molecule is COCC1CCC(NC(=O)NC(C#N)=C(N)C#N)CC1. The standard InChI is InChI=1S/C13H19N5O2/c1-20-8-9-2-4-10(5-3-9)17-13(19)18-12(7-15)11(16)6-14/h9-10H,2-5,8,16H2,1H3,(H2,17,18,19). The first-order chi connectivity index (χ1) is 9.60. The number of ether oxygens (including phenoxy) is 1. The van der Waals surface area contributed by atoms with Crippen molar-refractivity contribution in [2.75, 3.05) is 13.7 Å². The van der Waals surface area contributed by atoms with Crippen LogP contribution in [0.3, 0.4) is 0 Å². The Labute approximate surface area is 118 Å². The number of hydrogen-bond donors (Lipinski definition) is 3. The lowest BCUT2D eigenvalue weighted by Crippen LogP contribution is -2.43. The highest BCUT2D eigenvalue weighted by atomic mass is 16.5. The molecule has 0 radical (unpaired) electrons. The minimum Gasteiger partial charge on any atom is -0.388 e. The summed E-state index contributed by atoms with van der Waals surface area (Å²) in [5.41, 5.74) is 4.78. The van der Waals surface area contributed by atoms with Gasteiger partial charge in [0.15, 0.2) is 5.70 Å². The summed E-state index contributed by atoms with van der Waals surface area (Å²) in [6.07, 6.45) is 3.75. The molecular formula is C13H19N5O2. The minimum absolute atomic E-state index is 0.0753. The number of urea groups is 1. The fourth-order valence-electron chi connectivity index (χ4n) is 2.26. The molecular weight excluding hydrogens is 258 g/mol. The Balaban J connectivity index is 2.42. The van der Waals surface area contributed by atoms with Crippen molar-refractivity contribution in [1.29, 1.82) is 10.5 Å². The van der Waals surface area contributed by atoms with E-state index in [1.54, 1.807) is 19.2 Å². The van der Waals surface area contributed by atoms with E-state index in [1.165, 1.54) is 0 Å². The second-order valence-corrected chi connectivity index (χ2v) is 4.78. The van der Waals surface area contributed by atoms with Gasteiger partial charge < -0.3 is 15.8 Å². The van der Waals surface area contributed by atoms with Gasteiger partial charge >= 0.3 is 6.03 Å². The van der Waals surface area contributed by atoms with E-state index in [2.05, 4.69) is 10.6 Å². The Hall–Kier alpha value is -2.25. The zero-order valence-electron chi connectivity index (χ0n) is 11.5. The number of rotatable bonds is 4. The van der Waals surface area contributed by atoms with Crippen molar-refractivity contribution in [2.45, 2.75) is 31.7 Å². The van der Waals surface area contributed by atoms with E-state index in [1.807, 2.05) is 0 Å². The van der Waals surface area contributed by atoms with Gasteiger partial charge in [0, 0.05) is 19.8 Å². The number of nitriles is 2. The van der Waals surface area contributed by atoms with Gasteiger partial charge in [-0.15, -0.1) is 0 Å². The summed E-state index contributed by atoms with van der Waals surface area (Å²) in [5.74, 6) is 0.546. The highest BCUT2D eigenvalue weighted by molar-refractivity contribution is 5.77. The first-order valence-electron chi connectivity index (χ1n) is 6.47. The van der Waals surface area contributed by atoms with Crippen LogP contribution in [0, 0.1) is 28.6 Å². The summed E-state index contributed by atoms with van der Waals surface area (Å²) in [6.45, 7) is 0.749. The van der Waals surface area contributed by atoms with Gasteiger partial charge in [-0.2, -0.15) is 10.5 Å². The summed E-state index contributed by atoms with van der Waals surface area (Å²) in [7, 11) is 1.69. The van der Waals surface area contributed by atoms with Crippen molar-refractivity contribution in [2.24, 2.45) is 11.7 Å². The first kappa shape index (κ1) is 15.8. The van der Waals surface area contributed by atoms with Crippen molar-refractivity contribution in [3.05, 3.63) is 11.4 Å². The monoisotopic (exact) mass is 277 g/mol. The van der Waals surface area contributed by atoms with Crippen molar-refractivity contribution < 1.29 is 9.53 Å². The Morgan fingerprint density at radius 3 is 2.45 bits per heavy atom. The number of allylic oxidation sites excluding steroid dienone is 2. The van der Waals surface area contributed by atoms with Gasteiger partial charge in [0.05, 0.1) is 0 Å². The Morgan fingerprint density at radius 2 is 1.95 bits per heavy atom. The third kappa shape index (κ3) is 4.79. The molecule has 7 nitrogen and oxygen atoms in total. The molecule has 2 amide bonds. The van der Waals surface area contributed by atoms with E-state index in [0.717, 1.165) is 32.3 Å². The lowest BCUT2D eigenvalue weighted by molar-refractivity contribution is 0.124. The molecule has 0 bridgehead atoms. The lowest BCUT2D eigenvalue weighted by atomic mass is 9.86. The van der Waals surface area contributed by atoms with Gasteiger partial charge in [0.1, 0.15) is 17.8 Å². The maximum absolute atomic E-state index is 11.7. The molecule has 1 rings (SSSR count). The largest absolute Gasteiger partial charge is 0.388 e. The van der Waals surface area contributed by atoms with Crippen LogP contribution in [-0.4, -0.2) is 25.8 Å². The molecule has 0 aromatic heterocycles. The van der Waals surface area contributed by atoms with Crippen molar-refractivity contribution in [3.63, 3.8) is 0 Å². The molecule has 0 aromatic rings. The van der Waals surface area contributed by atoms with Gasteiger partial charge in [-0.05, 0) is 31.6 Å². The zero-order valence-corrected chi connectivity index (χ0v) is 11.5. The minimum atomic E-state index is -0.505. The number of hydrogen-bond acceptors (Lipinski definition) is 5. The molecule has 0 atom stereocenters. The molecule has 0 spiro atoms. The molecule has 20 heavy (non-hydrogen) atoms. The normalized spacial score (nSPS) is 22.9. The van der Waals surface area contributed by atoms with E-state index < -0.39 is 6.03 Å². The molecule has 108 valence electrons.